The predicted molar refractivity (Wildman–Crippen MR) is 87.0 cm³/mol. The van der Waals surface area contributed by atoms with Gasteiger partial charge in [-0.25, -0.2) is 8.42 Å². The van der Waals surface area contributed by atoms with Crippen LogP contribution in [0.2, 0.25) is 0 Å². The van der Waals surface area contributed by atoms with Gasteiger partial charge in [-0.15, -0.1) is 0 Å². The van der Waals surface area contributed by atoms with Crippen LogP contribution in [-0.2, 0) is 9.84 Å². The van der Waals surface area contributed by atoms with E-state index < -0.39 is 9.84 Å². The minimum atomic E-state index is -2.82. The van der Waals surface area contributed by atoms with Crippen molar-refractivity contribution < 1.29 is 8.42 Å². The molecule has 3 nitrogen and oxygen atoms in total. The highest BCUT2D eigenvalue weighted by Crippen LogP contribution is 2.66. The summed E-state index contributed by atoms with van der Waals surface area (Å²) in [7, 11) is -0.748. The third-order valence-corrected chi connectivity index (χ3v) is 7.52. The average Bonchev–Trinajstić information content (AvgIpc) is 2.29. The SMILES string of the molecule is CNC(CCCS(C)(=O)=O)C12CC3CC(CC(C)(C3)C1)C2. The molecule has 4 aliphatic carbocycles. The van der Waals surface area contributed by atoms with Gasteiger partial charge in [0, 0.05) is 18.1 Å². The highest BCUT2D eigenvalue weighted by Gasteiger charge is 2.57. The Balaban J connectivity index is 1.71. The average molecular weight is 314 g/mol. The van der Waals surface area contributed by atoms with Gasteiger partial charge in [-0.2, -0.15) is 0 Å². The molecule has 4 rings (SSSR count). The molecule has 4 bridgehead atoms. The third kappa shape index (κ3) is 3.17. The Morgan fingerprint density at radius 3 is 2.29 bits per heavy atom. The molecule has 0 aliphatic heterocycles. The molecule has 3 atom stereocenters. The first-order chi connectivity index (χ1) is 9.74. The number of hydrogen-bond acceptors (Lipinski definition) is 3. The van der Waals surface area contributed by atoms with Gasteiger partial charge >= 0.3 is 0 Å². The van der Waals surface area contributed by atoms with E-state index in [9.17, 15) is 8.42 Å². The van der Waals surface area contributed by atoms with Crippen LogP contribution in [-0.4, -0.2) is 33.5 Å². The largest absolute Gasteiger partial charge is 0.316 e. The van der Waals surface area contributed by atoms with Gasteiger partial charge in [-0.05, 0) is 81.1 Å². The van der Waals surface area contributed by atoms with Crippen molar-refractivity contribution in [2.24, 2.45) is 22.7 Å². The van der Waals surface area contributed by atoms with E-state index in [-0.39, 0.29) is 0 Å². The molecule has 4 aliphatic rings. The fraction of sp³-hybridized carbons (Fsp3) is 1.00. The molecule has 0 amide bonds. The maximum atomic E-state index is 11.4. The Labute approximate surface area is 130 Å². The molecular formula is C17H31NO2S. The number of rotatable bonds is 6. The number of nitrogens with one attached hydrogen (secondary N) is 1. The van der Waals surface area contributed by atoms with E-state index in [4.69, 9.17) is 0 Å². The zero-order chi connectivity index (χ0) is 15.3. The summed E-state index contributed by atoms with van der Waals surface area (Å²) in [6.45, 7) is 2.50. The molecule has 0 saturated heterocycles. The lowest BCUT2D eigenvalue weighted by molar-refractivity contribution is -0.118. The fourth-order valence-corrected chi connectivity index (χ4v) is 7.20. The van der Waals surface area contributed by atoms with Crippen molar-refractivity contribution >= 4 is 9.84 Å². The van der Waals surface area contributed by atoms with E-state index >= 15 is 0 Å². The van der Waals surface area contributed by atoms with E-state index in [0.717, 1.165) is 24.7 Å². The standard InChI is InChI=1S/C17H31NO2S/c1-16-8-13-7-14(9-16)11-17(10-13,12-16)15(18-2)5-4-6-21(3,19)20/h13-15,18H,4-12H2,1-3H3. The van der Waals surface area contributed by atoms with Crippen molar-refractivity contribution in [3.05, 3.63) is 0 Å². The lowest BCUT2D eigenvalue weighted by Crippen LogP contribution is -2.58. The summed E-state index contributed by atoms with van der Waals surface area (Å²) >= 11 is 0. The van der Waals surface area contributed by atoms with Crippen LogP contribution in [0.15, 0.2) is 0 Å². The van der Waals surface area contributed by atoms with Gasteiger partial charge in [0.05, 0.1) is 0 Å². The molecule has 122 valence electrons. The van der Waals surface area contributed by atoms with E-state index in [0.29, 0.717) is 22.6 Å². The number of hydrogen-bond donors (Lipinski definition) is 1. The normalized spacial score (nSPS) is 43.2. The maximum Gasteiger partial charge on any atom is 0.147 e. The van der Waals surface area contributed by atoms with Gasteiger partial charge < -0.3 is 5.32 Å². The topological polar surface area (TPSA) is 46.2 Å². The highest BCUT2D eigenvalue weighted by atomic mass is 32.2. The molecule has 0 aromatic heterocycles. The Bertz CT molecular complexity index is 485. The van der Waals surface area contributed by atoms with Gasteiger partial charge in [0.1, 0.15) is 9.84 Å². The first-order valence-electron chi connectivity index (χ1n) is 8.59. The monoisotopic (exact) mass is 313 g/mol. The summed E-state index contributed by atoms with van der Waals surface area (Å²) in [5.41, 5.74) is 1.01. The van der Waals surface area contributed by atoms with Crippen molar-refractivity contribution in [1.29, 1.82) is 0 Å². The van der Waals surface area contributed by atoms with Gasteiger partial charge in [0.25, 0.3) is 0 Å². The maximum absolute atomic E-state index is 11.4. The lowest BCUT2D eigenvalue weighted by atomic mass is 9.43. The summed E-state index contributed by atoms with van der Waals surface area (Å²) in [4.78, 5) is 0. The van der Waals surface area contributed by atoms with Gasteiger partial charge in [0.15, 0.2) is 0 Å². The first kappa shape index (κ1) is 15.8. The summed E-state index contributed by atoms with van der Waals surface area (Å²) in [6, 6.07) is 0.504. The molecule has 3 unspecified atom stereocenters. The van der Waals surface area contributed by atoms with Gasteiger partial charge in [-0.3, -0.25) is 0 Å². The van der Waals surface area contributed by atoms with Crippen molar-refractivity contribution in [2.75, 3.05) is 19.1 Å². The van der Waals surface area contributed by atoms with Crippen LogP contribution in [0.5, 0.6) is 0 Å². The van der Waals surface area contributed by atoms with E-state index in [1.54, 1.807) is 0 Å². The summed E-state index contributed by atoms with van der Waals surface area (Å²) < 4.78 is 22.8. The second-order valence-electron chi connectivity index (χ2n) is 8.75. The molecule has 0 radical (unpaired) electrons. The molecular weight excluding hydrogens is 282 g/mol. The molecule has 0 aromatic rings. The molecule has 0 heterocycles. The smallest absolute Gasteiger partial charge is 0.147 e. The van der Waals surface area contributed by atoms with Gasteiger partial charge in [0.2, 0.25) is 0 Å². The summed E-state index contributed by atoms with van der Waals surface area (Å²) in [5.74, 6) is 2.20. The van der Waals surface area contributed by atoms with E-state index in [2.05, 4.69) is 19.3 Å². The minimum absolute atomic E-state index is 0.339. The second-order valence-corrected chi connectivity index (χ2v) is 11.0. The van der Waals surface area contributed by atoms with Crippen LogP contribution in [0.3, 0.4) is 0 Å². The second kappa shape index (κ2) is 5.23. The molecule has 1 N–H and O–H groups in total. The fourth-order valence-electron chi connectivity index (χ4n) is 6.51. The Morgan fingerprint density at radius 1 is 1.19 bits per heavy atom. The first-order valence-corrected chi connectivity index (χ1v) is 10.6. The third-order valence-electron chi connectivity index (χ3n) is 6.49. The van der Waals surface area contributed by atoms with Crippen LogP contribution >= 0.6 is 0 Å². The molecule has 0 aromatic carbocycles. The quantitative estimate of drug-likeness (QED) is 0.820. The van der Waals surface area contributed by atoms with Crippen molar-refractivity contribution in [2.45, 2.75) is 64.3 Å². The van der Waals surface area contributed by atoms with E-state index in [1.807, 2.05) is 0 Å². The molecule has 4 saturated carbocycles. The minimum Gasteiger partial charge on any atom is -0.316 e. The van der Waals surface area contributed by atoms with Crippen molar-refractivity contribution in [1.82, 2.24) is 5.32 Å². The molecule has 21 heavy (non-hydrogen) atoms. The Kier molecular flexibility index (Phi) is 3.93. The lowest BCUT2D eigenvalue weighted by Gasteiger charge is -2.63. The summed E-state index contributed by atoms with van der Waals surface area (Å²) in [5, 5.41) is 3.57. The molecule has 0 spiro atoms. The van der Waals surface area contributed by atoms with Crippen molar-refractivity contribution in [3.8, 4) is 0 Å². The molecule has 4 fully saturated rings. The van der Waals surface area contributed by atoms with Crippen LogP contribution in [0, 0.1) is 22.7 Å². The van der Waals surface area contributed by atoms with Gasteiger partial charge in [-0.1, -0.05) is 6.92 Å². The summed E-state index contributed by atoms with van der Waals surface area (Å²) in [6.07, 6.45) is 11.6. The van der Waals surface area contributed by atoms with Crippen LogP contribution in [0.4, 0.5) is 0 Å². The number of sulfone groups is 1. The van der Waals surface area contributed by atoms with Crippen LogP contribution in [0.1, 0.15) is 58.3 Å². The zero-order valence-corrected chi connectivity index (χ0v) is 14.6. The van der Waals surface area contributed by atoms with E-state index in [1.165, 1.54) is 44.8 Å². The Morgan fingerprint density at radius 2 is 1.81 bits per heavy atom. The Hall–Kier alpha value is -0.0900. The van der Waals surface area contributed by atoms with Crippen LogP contribution in [0.25, 0.3) is 0 Å². The highest BCUT2D eigenvalue weighted by molar-refractivity contribution is 7.90. The molecule has 4 heteroatoms. The van der Waals surface area contributed by atoms with Crippen LogP contribution < -0.4 is 5.32 Å². The predicted octanol–water partition coefficient (Wildman–Crippen LogP) is 3.01. The van der Waals surface area contributed by atoms with Crippen molar-refractivity contribution in [3.63, 3.8) is 0 Å². The zero-order valence-electron chi connectivity index (χ0n) is 13.8.